The van der Waals surface area contributed by atoms with E-state index in [2.05, 4.69) is 296 Å². The molecule has 0 unspecified atom stereocenters. The fraction of sp³-hybridized carbons (Fsp3) is 0.118. The van der Waals surface area contributed by atoms with Crippen molar-refractivity contribution < 1.29 is 0 Å². The van der Waals surface area contributed by atoms with Crippen LogP contribution >= 0.6 is 0 Å². The summed E-state index contributed by atoms with van der Waals surface area (Å²) in [6.07, 6.45) is 0. The molecule has 4 heterocycles. The van der Waals surface area contributed by atoms with Gasteiger partial charge in [0.2, 0.25) is 0 Å². The van der Waals surface area contributed by atoms with Crippen LogP contribution in [0.15, 0.2) is 231 Å². The van der Waals surface area contributed by atoms with E-state index in [0.717, 1.165) is 51.2 Å². The van der Waals surface area contributed by atoms with Crippen LogP contribution in [0.5, 0.6) is 0 Å². The summed E-state index contributed by atoms with van der Waals surface area (Å²) in [6.45, 7) is 13.6. The minimum absolute atomic E-state index is 0.0240. The van der Waals surface area contributed by atoms with Crippen molar-refractivity contribution in [1.82, 2.24) is 4.57 Å². The zero-order valence-corrected chi connectivity index (χ0v) is 42.8. The highest BCUT2D eigenvalue weighted by molar-refractivity contribution is 7.00. The summed E-state index contributed by atoms with van der Waals surface area (Å²) < 4.78 is 2.53. The second kappa shape index (κ2) is 16.4. The Morgan fingerprint density at radius 3 is 1.46 bits per heavy atom. The van der Waals surface area contributed by atoms with E-state index in [1.54, 1.807) is 0 Å². The van der Waals surface area contributed by atoms with Crippen LogP contribution < -0.4 is 36.0 Å². The predicted octanol–water partition coefficient (Wildman–Crippen LogP) is 16.7. The first-order chi connectivity index (χ1) is 36.0. The monoisotopic (exact) mass is 953 g/mol. The lowest BCUT2D eigenvalue weighted by atomic mass is 9.33. The summed E-state index contributed by atoms with van der Waals surface area (Å²) >= 11 is 0. The SMILES string of the molecule is CC(C)(C)c1ccc(N(c2ccc(C(C)(C)C)cc2)c2ccc3c(c2)N(c2ccccc2)c2cc(N(c4ccccc4)c4ccccc4)cc4c2B3c2cccc3c2N4c2cccc4c5ccccc5n-3c24)cc1. The topological polar surface area (TPSA) is 17.9 Å². The van der Waals surface area contributed by atoms with Crippen LogP contribution in [-0.4, -0.2) is 11.3 Å². The van der Waals surface area contributed by atoms with E-state index in [1.165, 1.54) is 72.1 Å². The largest absolute Gasteiger partial charge is 0.311 e. The van der Waals surface area contributed by atoms with Crippen LogP contribution in [0.4, 0.5) is 68.2 Å². The van der Waals surface area contributed by atoms with Gasteiger partial charge >= 0.3 is 0 Å². The van der Waals surface area contributed by atoms with Crippen LogP contribution in [0.3, 0.4) is 0 Å². The lowest BCUT2D eigenvalue weighted by Gasteiger charge is -2.47. The van der Waals surface area contributed by atoms with Gasteiger partial charge in [0.1, 0.15) is 0 Å². The number of hydrogen-bond acceptors (Lipinski definition) is 4. The fourth-order valence-electron chi connectivity index (χ4n) is 12.3. The molecule has 356 valence electrons. The third kappa shape index (κ3) is 6.70. The maximum Gasteiger partial charge on any atom is 0.252 e. The van der Waals surface area contributed by atoms with Gasteiger partial charge < -0.3 is 24.2 Å². The summed E-state index contributed by atoms with van der Waals surface area (Å²) in [5.74, 6) is 0. The van der Waals surface area contributed by atoms with Crippen molar-refractivity contribution in [3.8, 4) is 5.69 Å². The average molecular weight is 954 g/mol. The van der Waals surface area contributed by atoms with Crippen LogP contribution in [-0.2, 0) is 10.8 Å². The van der Waals surface area contributed by atoms with Gasteiger partial charge in [0.15, 0.2) is 0 Å². The Bertz CT molecular complexity index is 3890. The van der Waals surface area contributed by atoms with Crippen LogP contribution in [0.25, 0.3) is 27.5 Å². The number of para-hydroxylation sites is 6. The minimum Gasteiger partial charge on any atom is -0.311 e. The molecule has 1 aromatic heterocycles. The molecule has 3 aliphatic rings. The molecule has 0 radical (unpaired) electrons. The molecule has 11 aromatic rings. The third-order valence-electron chi connectivity index (χ3n) is 15.7. The number of benzene rings is 10. The van der Waals surface area contributed by atoms with Crippen LogP contribution in [0, 0.1) is 0 Å². The van der Waals surface area contributed by atoms with E-state index in [-0.39, 0.29) is 17.5 Å². The quantitative estimate of drug-likeness (QED) is 0.148. The number of anilines is 12. The van der Waals surface area contributed by atoms with E-state index in [1.807, 2.05) is 0 Å². The second-order valence-corrected chi connectivity index (χ2v) is 22.3. The van der Waals surface area contributed by atoms with E-state index >= 15 is 0 Å². The molecule has 0 spiro atoms. The van der Waals surface area contributed by atoms with E-state index in [0.29, 0.717) is 0 Å². The van der Waals surface area contributed by atoms with Crippen molar-refractivity contribution >= 4 is 113 Å². The number of rotatable bonds is 7. The molecular weight excluding hydrogens is 898 g/mol. The molecule has 6 heteroatoms. The van der Waals surface area contributed by atoms with Crippen molar-refractivity contribution in [1.29, 1.82) is 0 Å². The smallest absolute Gasteiger partial charge is 0.252 e. The van der Waals surface area contributed by atoms with Gasteiger partial charge in [-0.1, -0.05) is 169 Å². The molecule has 0 saturated heterocycles. The van der Waals surface area contributed by atoms with Crippen LogP contribution in [0.2, 0.25) is 0 Å². The molecule has 0 amide bonds. The Balaban J connectivity index is 1.08. The number of fused-ring (bicyclic) bond motifs is 9. The number of hydrogen-bond donors (Lipinski definition) is 0. The van der Waals surface area contributed by atoms with E-state index in [4.69, 9.17) is 0 Å². The Labute approximate surface area is 434 Å². The van der Waals surface area contributed by atoms with Gasteiger partial charge in [-0.05, 0) is 141 Å². The van der Waals surface area contributed by atoms with Gasteiger partial charge in [-0.3, -0.25) is 0 Å². The molecule has 0 bridgehead atoms. The molecule has 0 aliphatic carbocycles. The molecule has 14 rings (SSSR count). The summed E-state index contributed by atoms with van der Waals surface area (Å²) in [5, 5.41) is 2.52. The zero-order valence-electron chi connectivity index (χ0n) is 42.8. The first-order valence-electron chi connectivity index (χ1n) is 26.1. The molecule has 0 fully saturated rings. The van der Waals surface area contributed by atoms with Gasteiger partial charge in [-0.2, -0.15) is 0 Å². The molecule has 10 aromatic carbocycles. The first-order valence-corrected chi connectivity index (χ1v) is 26.1. The minimum atomic E-state index is -0.0840. The molecule has 0 atom stereocenters. The van der Waals surface area contributed by atoms with Crippen LogP contribution in [0.1, 0.15) is 52.7 Å². The highest BCUT2D eigenvalue weighted by Crippen LogP contribution is 2.54. The molecule has 0 saturated carbocycles. The van der Waals surface area contributed by atoms with Gasteiger partial charge in [0.05, 0.1) is 33.8 Å². The standard InChI is InChI=1S/C68H56BN5/c1-67(2,3)45-32-36-50(37-33-45)70(51-38-34-46(35-39-51)68(4,5)6)52-40-41-56-61(42-52)72(49-24-14-9-15-25-49)62-43-53(71(47-20-10-7-11-21-47)48-22-12-8-13-23-48)44-63-64(62)69(56)57-28-19-31-60-66(57)74(63)59-30-18-27-55-54-26-16-17-29-58(54)73(60)65(55)59/h7-44H,1-6H3. The lowest BCUT2D eigenvalue weighted by Crippen LogP contribution is -2.61. The summed E-state index contributed by atoms with van der Waals surface area (Å²) in [5.41, 5.74) is 23.7. The molecule has 0 N–H and O–H groups in total. The Morgan fingerprint density at radius 1 is 0.351 bits per heavy atom. The maximum atomic E-state index is 2.60. The number of nitrogens with zero attached hydrogens (tertiary/aromatic N) is 5. The number of aromatic nitrogens is 1. The summed E-state index contributed by atoms with van der Waals surface area (Å²) in [6, 6.07) is 86.1. The first kappa shape index (κ1) is 44.0. The van der Waals surface area contributed by atoms with Crippen molar-refractivity contribution in [2.45, 2.75) is 52.4 Å². The van der Waals surface area contributed by atoms with Gasteiger partial charge in [0, 0.05) is 62.0 Å². The van der Waals surface area contributed by atoms with Crippen molar-refractivity contribution in [3.05, 3.63) is 242 Å². The third-order valence-corrected chi connectivity index (χ3v) is 15.7. The Hall–Kier alpha value is -8.74. The predicted molar refractivity (Wildman–Crippen MR) is 315 cm³/mol. The Morgan fingerprint density at radius 2 is 0.838 bits per heavy atom. The van der Waals surface area contributed by atoms with Gasteiger partial charge in [-0.25, -0.2) is 0 Å². The van der Waals surface area contributed by atoms with Crippen molar-refractivity contribution in [3.63, 3.8) is 0 Å². The fourth-order valence-corrected chi connectivity index (χ4v) is 12.3. The van der Waals surface area contributed by atoms with Gasteiger partial charge in [0.25, 0.3) is 6.71 Å². The van der Waals surface area contributed by atoms with Crippen molar-refractivity contribution in [2.24, 2.45) is 0 Å². The van der Waals surface area contributed by atoms with Crippen molar-refractivity contribution in [2.75, 3.05) is 19.6 Å². The molecule has 3 aliphatic heterocycles. The zero-order chi connectivity index (χ0) is 50.0. The van der Waals surface area contributed by atoms with E-state index in [9.17, 15) is 0 Å². The molecule has 5 nitrogen and oxygen atoms in total. The van der Waals surface area contributed by atoms with Gasteiger partial charge in [-0.15, -0.1) is 0 Å². The average Bonchev–Trinajstić information content (AvgIpc) is 3.80. The molecule has 74 heavy (non-hydrogen) atoms. The highest BCUT2D eigenvalue weighted by atomic mass is 15.2. The summed E-state index contributed by atoms with van der Waals surface area (Å²) in [4.78, 5) is 10.0. The lowest BCUT2D eigenvalue weighted by molar-refractivity contribution is 0.590. The second-order valence-electron chi connectivity index (χ2n) is 22.3. The maximum absolute atomic E-state index is 2.60. The normalized spacial score (nSPS) is 13.2. The highest BCUT2D eigenvalue weighted by Gasteiger charge is 2.47. The summed E-state index contributed by atoms with van der Waals surface area (Å²) in [7, 11) is 0. The molecular formula is C68H56BN5. The van der Waals surface area contributed by atoms with E-state index < -0.39 is 0 Å². The Kier molecular flexibility index (Phi) is 9.75.